The number of hydrogen-bond donors (Lipinski definition) is 2. The van der Waals surface area contributed by atoms with Crippen molar-refractivity contribution in [1.29, 1.82) is 0 Å². The minimum absolute atomic E-state index is 0. The molecule has 6 heteroatoms. The molecule has 0 unspecified atom stereocenters. The van der Waals surface area contributed by atoms with Gasteiger partial charge in [-0.05, 0) is 51.3 Å². The number of aliphatic imine (C=N–C) groups is 1. The highest BCUT2D eigenvalue weighted by Gasteiger charge is 2.19. The van der Waals surface area contributed by atoms with Crippen molar-refractivity contribution in [2.24, 2.45) is 4.99 Å². The van der Waals surface area contributed by atoms with Crippen molar-refractivity contribution in [2.75, 3.05) is 26.2 Å². The molecule has 0 bridgehead atoms. The van der Waals surface area contributed by atoms with Crippen LogP contribution in [0.3, 0.4) is 0 Å². The van der Waals surface area contributed by atoms with Crippen molar-refractivity contribution in [1.82, 2.24) is 20.5 Å². The Labute approximate surface area is 163 Å². The fraction of sp³-hybridized carbons (Fsp3) is 0.667. The Hall–Kier alpha value is -0.890. The molecule has 0 saturated carbocycles. The third-order valence-corrected chi connectivity index (χ3v) is 4.32. The van der Waals surface area contributed by atoms with Crippen LogP contribution in [0.1, 0.15) is 44.4 Å². The Kier molecular flexibility index (Phi) is 10.2. The summed E-state index contributed by atoms with van der Waals surface area (Å²) in [7, 11) is 0. The first kappa shape index (κ1) is 21.2. The SMILES string of the molecule is CCCN1CCC(NC(=NCc2ncccc2C)NCC)CC1.I. The molecule has 2 heterocycles. The molecule has 0 radical (unpaired) electrons. The summed E-state index contributed by atoms with van der Waals surface area (Å²) in [5, 5.41) is 6.95. The van der Waals surface area contributed by atoms with E-state index in [4.69, 9.17) is 4.99 Å². The van der Waals surface area contributed by atoms with Crippen LogP contribution in [0.25, 0.3) is 0 Å². The molecule has 0 spiro atoms. The van der Waals surface area contributed by atoms with E-state index in [1.165, 1.54) is 44.5 Å². The molecule has 1 saturated heterocycles. The molecule has 0 aromatic carbocycles. The first-order valence-corrected chi connectivity index (χ1v) is 8.90. The lowest BCUT2D eigenvalue weighted by molar-refractivity contribution is 0.206. The molecular formula is C18H32IN5. The lowest BCUT2D eigenvalue weighted by Gasteiger charge is -2.32. The van der Waals surface area contributed by atoms with Crippen LogP contribution in [-0.2, 0) is 6.54 Å². The summed E-state index contributed by atoms with van der Waals surface area (Å²) in [4.78, 5) is 11.7. The molecule has 1 aromatic heterocycles. The van der Waals surface area contributed by atoms with Crippen LogP contribution in [0, 0.1) is 6.92 Å². The highest BCUT2D eigenvalue weighted by Crippen LogP contribution is 2.10. The first-order chi connectivity index (χ1) is 11.2. The van der Waals surface area contributed by atoms with Crippen LogP contribution in [0.2, 0.25) is 0 Å². The lowest BCUT2D eigenvalue weighted by atomic mass is 10.1. The number of nitrogens with zero attached hydrogens (tertiary/aromatic N) is 3. The quantitative estimate of drug-likeness (QED) is 0.402. The van der Waals surface area contributed by atoms with Crippen LogP contribution < -0.4 is 10.6 Å². The summed E-state index contributed by atoms with van der Waals surface area (Å²) < 4.78 is 0. The van der Waals surface area contributed by atoms with Gasteiger partial charge in [-0.3, -0.25) is 4.98 Å². The molecule has 0 aliphatic carbocycles. The number of aromatic nitrogens is 1. The molecule has 24 heavy (non-hydrogen) atoms. The number of likely N-dealkylation sites (tertiary alicyclic amines) is 1. The third-order valence-electron chi connectivity index (χ3n) is 4.32. The van der Waals surface area contributed by atoms with Crippen LogP contribution in [0.4, 0.5) is 0 Å². The van der Waals surface area contributed by atoms with E-state index in [0.717, 1.165) is 18.2 Å². The predicted octanol–water partition coefficient (Wildman–Crippen LogP) is 2.94. The number of nitrogens with one attached hydrogen (secondary N) is 2. The Bertz CT molecular complexity index is 498. The molecule has 0 atom stereocenters. The summed E-state index contributed by atoms with van der Waals surface area (Å²) in [6.45, 7) is 11.5. The van der Waals surface area contributed by atoms with Gasteiger partial charge in [0.2, 0.25) is 0 Å². The van der Waals surface area contributed by atoms with Crippen molar-refractivity contribution < 1.29 is 0 Å². The Balaban J connectivity index is 0.00000288. The van der Waals surface area contributed by atoms with Crippen LogP contribution in [-0.4, -0.2) is 48.1 Å². The Morgan fingerprint density at radius 3 is 2.71 bits per heavy atom. The zero-order valence-corrected chi connectivity index (χ0v) is 17.5. The van der Waals surface area contributed by atoms with Gasteiger partial charge in [0.05, 0.1) is 12.2 Å². The van der Waals surface area contributed by atoms with E-state index in [0.29, 0.717) is 12.6 Å². The van der Waals surface area contributed by atoms with E-state index in [1.54, 1.807) is 0 Å². The smallest absolute Gasteiger partial charge is 0.191 e. The summed E-state index contributed by atoms with van der Waals surface area (Å²) in [6.07, 6.45) is 5.45. The topological polar surface area (TPSA) is 52.5 Å². The minimum Gasteiger partial charge on any atom is -0.357 e. The number of piperidine rings is 1. The first-order valence-electron chi connectivity index (χ1n) is 8.90. The molecule has 1 fully saturated rings. The van der Waals surface area contributed by atoms with Crippen molar-refractivity contribution in [3.05, 3.63) is 29.6 Å². The Morgan fingerprint density at radius 1 is 1.33 bits per heavy atom. The molecule has 2 rings (SSSR count). The number of hydrogen-bond acceptors (Lipinski definition) is 3. The average molecular weight is 445 g/mol. The van der Waals surface area contributed by atoms with E-state index in [2.05, 4.69) is 47.4 Å². The van der Waals surface area contributed by atoms with Gasteiger partial charge in [0.15, 0.2) is 5.96 Å². The molecule has 5 nitrogen and oxygen atoms in total. The minimum atomic E-state index is 0. The molecule has 1 aliphatic heterocycles. The van der Waals surface area contributed by atoms with E-state index in [9.17, 15) is 0 Å². The second kappa shape index (κ2) is 11.6. The van der Waals surface area contributed by atoms with Gasteiger partial charge in [0, 0.05) is 31.9 Å². The van der Waals surface area contributed by atoms with E-state index in [1.807, 2.05) is 12.3 Å². The maximum atomic E-state index is 4.71. The van der Waals surface area contributed by atoms with Gasteiger partial charge in [-0.1, -0.05) is 13.0 Å². The predicted molar refractivity (Wildman–Crippen MR) is 112 cm³/mol. The van der Waals surface area contributed by atoms with Gasteiger partial charge < -0.3 is 15.5 Å². The van der Waals surface area contributed by atoms with Crippen molar-refractivity contribution in [3.8, 4) is 0 Å². The average Bonchev–Trinajstić information content (AvgIpc) is 2.56. The standard InChI is InChI=1S/C18H31N5.HI/c1-4-11-23-12-8-16(9-13-23)22-18(19-5-2)21-14-17-15(3)7-6-10-20-17;/h6-7,10,16H,4-5,8-9,11-14H2,1-3H3,(H2,19,21,22);1H. The molecule has 0 amide bonds. The van der Waals surface area contributed by atoms with Crippen molar-refractivity contribution >= 4 is 29.9 Å². The van der Waals surface area contributed by atoms with Gasteiger partial charge >= 0.3 is 0 Å². The van der Waals surface area contributed by atoms with E-state index in [-0.39, 0.29) is 24.0 Å². The van der Waals surface area contributed by atoms with Crippen molar-refractivity contribution in [2.45, 2.75) is 52.6 Å². The second-order valence-electron chi connectivity index (χ2n) is 6.22. The largest absolute Gasteiger partial charge is 0.357 e. The maximum Gasteiger partial charge on any atom is 0.191 e. The summed E-state index contributed by atoms with van der Waals surface area (Å²) >= 11 is 0. The van der Waals surface area contributed by atoms with Crippen molar-refractivity contribution in [3.63, 3.8) is 0 Å². The maximum absolute atomic E-state index is 4.71. The summed E-state index contributed by atoms with van der Waals surface area (Å²) in [5.74, 6) is 0.909. The number of halogens is 1. The normalized spacial score (nSPS) is 16.5. The highest BCUT2D eigenvalue weighted by molar-refractivity contribution is 14.0. The fourth-order valence-electron chi connectivity index (χ4n) is 2.97. The summed E-state index contributed by atoms with van der Waals surface area (Å²) in [5.41, 5.74) is 2.24. The Morgan fingerprint density at radius 2 is 2.08 bits per heavy atom. The molecule has 1 aromatic rings. The molecular weight excluding hydrogens is 413 g/mol. The van der Waals surface area contributed by atoms with Gasteiger partial charge in [-0.15, -0.1) is 24.0 Å². The summed E-state index contributed by atoms with van der Waals surface area (Å²) in [6, 6.07) is 4.57. The fourth-order valence-corrected chi connectivity index (χ4v) is 2.97. The molecule has 1 aliphatic rings. The van der Waals surface area contributed by atoms with E-state index < -0.39 is 0 Å². The van der Waals surface area contributed by atoms with Gasteiger partial charge in [-0.25, -0.2) is 4.99 Å². The monoisotopic (exact) mass is 445 g/mol. The van der Waals surface area contributed by atoms with Gasteiger partial charge in [-0.2, -0.15) is 0 Å². The number of guanidine groups is 1. The number of rotatable bonds is 6. The lowest BCUT2D eigenvalue weighted by Crippen LogP contribution is -2.48. The van der Waals surface area contributed by atoms with Crippen LogP contribution in [0.15, 0.2) is 23.3 Å². The zero-order chi connectivity index (χ0) is 16.5. The highest BCUT2D eigenvalue weighted by atomic mass is 127. The molecule has 136 valence electrons. The second-order valence-corrected chi connectivity index (χ2v) is 6.22. The van der Waals surface area contributed by atoms with Gasteiger partial charge in [0.1, 0.15) is 0 Å². The zero-order valence-electron chi connectivity index (χ0n) is 15.2. The van der Waals surface area contributed by atoms with Crippen LogP contribution >= 0.6 is 24.0 Å². The number of aryl methyl sites for hydroxylation is 1. The molecule has 2 N–H and O–H groups in total. The van der Waals surface area contributed by atoms with E-state index >= 15 is 0 Å². The van der Waals surface area contributed by atoms with Gasteiger partial charge in [0.25, 0.3) is 0 Å². The number of pyridine rings is 1. The van der Waals surface area contributed by atoms with Crippen LogP contribution in [0.5, 0.6) is 0 Å². The third kappa shape index (κ3) is 6.93.